The fraction of sp³-hybridized carbons (Fsp3) is 0.545. The number of Topliss-reactive ketones (excluding diaryl/α,β-unsaturated/α-hetero) is 1. The number of aromatic nitrogens is 1. The molecule has 0 radical (unpaired) electrons. The Bertz CT molecular complexity index is 1060. The molecule has 5 heterocycles. The van der Waals surface area contributed by atoms with Gasteiger partial charge in [0.1, 0.15) is 17.2 Å². The normalized spacial score (nSPS) is 40.6. The maximum atomic E-state index is 13.5. The van der Waals surface area contributed by atoms with E-state index in [1.165, 1.54) is 7.11 Å². The molecule has 4 aliphatic heterocycles. The SMILES string of the molecule is COC(=O)C12COC3N(C)C1Cc1c([nH]c4ccccc14)C(=O)CC2C31OC1C. The van der Waals surface area contributed by atoms with Gasteiger partial charge in [-0.15, -0.1) is 0 Å². The van der Waals surface area contributed by atoms with Crippen molar-refractivity contribution in [1.29, 1.82) is 0 Å². The first-order valence-corrected chi connectivity index (χ1v) is 10.2. The van der Waals surface area contributed by atoms with Gasteiger partial charge in [0, 0.05) is 29.3 Å². The van der Waals surface area contributed by atoms with Crippen LogP contribution in [0, 0.1) is 11.3 Å². The number of carbonyl (C=O) groups excluding carboxylic acids is 2. The summed E-state index contributed by atoms with van der Waals surface area (Å²) in [4.78, 5) is 32.3. The predicted molar refractivity (Wildman–Crippen MR) is 103 cm³/mol. The van der Waals surface area contributed by atoms with Crippen molar-refractivity contribution in [2.45, 2.75) is 43.7 Å². The molecule has 1 spiro atoms. The number of hydrogen-bond acceptors (Lipinski definition) is 6. The van der Waals surface area contributed by atoms with Gasteiger partial charge in [0.2, 0.25) is 0 Å². The second-order valence-electron chi connectivity index (χ2n) is 8.90. The number of aromatic amines is 1. The smallest absolute Gasteiger partial charge is 0.316 e. The molecule has 29 heavy (non-hydrogen) atoms. The zero-order valence-corrected chi connectivity index (χ0v) is 16.7. The average Bonchev–Trinajstić information content (AvgIpc) is 3.22. The van der Waals surface area contributed by atoms with Gasteiger partial charge >= 0.3 is 5.97 Å². The highest BCUT2D eigenvalue weighted by atomic mass is 16.7. The lowest BCUT2D eigenvalue weighted by molar-refractivity contribution is -0.281. The molecule has 4 saturated heterocycles. The molecule has 0 saturated carbocycles. The molecule has 1 N–H and O–H groups in total. The van der Waals surface area contributed by atoms with Gasteiger partial charge in [-0.05, 0) is 32.0 Å². The third-order valence-corrected chi connectivity index (χ3v) is 7.89. The van der Waals surface area contributed by atoms with E-state index in [9.17, 15) is 9.59 Å². The van der Waals surface area contributed by atoms with Crippen molar-refractivity contribution in [2.24, 2.45) is 11.3 Å². The summed E-state index contributed by atoms with van der Waals surface area (Å²) in [6.07, 6.45) is 0.485. The average molecular weight is 396 g/mol. The highest BCUT2D eigenvalue weighted by Gasteiger charge is 2.80. The van der Waals surface area contributed by atoms with Crippen LogP contribution >= 0.6 is 0 Å². The van der Waals surface area contributed by atoms with E-state index >= 15 is 0 Å². The molecule has 7 nitrogen and oxygen atoms in total. The number of esters is 1. The number of methoxy groups -OCH3 is 1. The highest BCUT2D eigenvalue weighted by Crippen LogP contribution is 2.64. The summed E-state index contributed by atoms with van der Waals surface area (Å²) in [5, 5.41) is 1.04. The van der Waals surface area contributed by atoms with E-state index in [0.29, 0.717) is 12.1 Å². The number of rotatable bonds is 1. The Morgan fingerprint density at radius 2 is 2.07 bits per heavy atom. The van der Waals surface area contributed by atoms with Crippen LogP contribution in [0.1, 0.15) is 29.4 Å². The maximum Gasteiger partial charge on any atom is 0.316 e. The maximum absolute atomic E-state index is 13.5. The second-order valence-corrected chi connectivity index (χ2v) is 8.90. The molecule has 1 aliphatic carbocycles. The zero-order chi connectivity index (χ0) is 20.1. The molecule has 6 unspecified atom stereocenters. The van der Waals surface area contributed by atoms with E-state index < -0.39 is 11.0 Å². The number of ether oxygens (including phenoxy) is 3. The molecule has 5 aliphatic rings. The van der Waals surface area contributed by atoms with Gasteiger partial charge in [-0.2, -0.15) is 0 Å². The van der Waals surface area contributed by atoms with Crippen LogP contribution in [0.5, 0.6) is 0 Å². The van der Waals surface area contributed by atoms with Crippen LogP contribution < -0.4 is 0 Å². The predicted octanol–water partition coefficient (Wildman–Crippen LogP) is 1.90. The van der Waals surface area contributed by atoms with Gasteiger partial charge in [-0.3, -0.25) is 14.5 Å². The van der Waals surface area contributed by atoms with Crippen LogP contribution in [0.15, 0.2) is 24.3 Å². The second kappa shape index (κ2) is 5.47. The zero-order valence-electron chi connectivity index (χ0n) is 16.7. The summed E-state index contributed by atoms with van der Waals surface area (Å²) in [7, 11) is 3.41. The van der Waals surface area contributed by atoms with Crippen molar-refractivity contribution >= 4 is 22.7 Å². The Labute approximate surface area is 168 Å². The molecule has 4 fully saturated rings. The monoisotopic (exact) mass is 396 g/mol. The molecule has 6 atom stereocenters. The molecule has 152 valence electrons. The molecular formula is C22H24N2O5. The number of likely N-dealkylation sites (N-methyl/N-ethyl adjacent to an activating group) is 1. The number of epoxide rings is 1. The molecule has 4 bridgehead atoms. The Kier molecular flexibility index (Phi) is 3.33. The standard InChI is InChI=1S/C22H24N2O5/c1-11-22(29-11)16-9-15(25)18-13(12-6-4-5-7-14(12)23-18)8-17-21(16,20(26)27-3)10-28-19(22)24(17)2/h4-7,11,16-17,19,23H,8-10H2,1-3H3. The van der Waals surface area contributed by atoms with Crippen LogP contribution in [0.25, 0.3) is 10.9 Å². The number of benzene rings is 1. The van der Waals surface area contributed by atoms with Crippen LogP contribution in [0.4, 0.5) is 0 Å². The number of hydrogen-bond donors (Lipinski definition) is 1. The lowest BCUT2D eigenvalue weighted by Gasteiger charge is -2.62. The van der Waals surface area contributed by atoms with Gasteiger partial charge in [-0.1, -0.05) is 18.2 Å². The van der Waals surface area contributed by atoms with Crippen molar-refractivity contribution in [1.82, 2.24) is 9.88 Å². The fourth-order valence-electron chi connectivity index (χ4n) is 6.54. The van der Waals surface area contributed by atoms with Crippen molar-refractivity contribution < 1.29 is 23.8 Å². The fourth-order valence-corrected chi connectivity index (χ4v) is 6.54. The summed E-state index contributed by atoms with van der Waals surface area (Å²) in [5.41, 5.74) is 1.02. The van der Waals surface area contributed by atoms with Gasteiger partial charge in [0.25, 0.3) is 0 Å². The van der Waals surface area contributed by atoms with Crippen molar-refractivity contribution in [3.63, 3.8) is 0 Å². The lowest BCUT2D eigenvalue weighted by Crippen LogP contribution is -2.77. The first-order chi connectivity index (χ1) is 13.9. The number of piperidine rings is 1. The van der Waals surface area contributed by atoms with E-state index in [1.807, 2.05) is 38.2 Å². The summed E-state index contributed by atoms with van der Waals surface area (Å²) in [5.74, 6) is -0.555. The first-order valence-electron chi connectivity index (χ1n) is 10.2. The summed E-state index contributed by atoms with van der Waals surface area (Å²) in [6.45, 7) is 2.25. The molecule has 2 aromatic rings. The highest BCUT2D eigenvalue weighted by molar-refractivity contribution is 6.03. The van der Waals surface area contributed by atoms with E-state index in [-0.39, 0.29) is 49.1 Å². The number of ketones is 1. The lowest BCUT2D eigenvalue weighted by atomic mass is 9.55. The van der Waals surface area contributed by atoms with Crippen LogP contribution in [-0.4, -0.2) is 66.4 Å². The Balaban J connectivity index is 1.61. The molecule has 7 rings (SSSR count). The molecular weight excluding hydrogens is 372 g/mol. The summed E-state index contributed by atoms with van der Waals surface area (Å²) < 4.78 is 17.6. The van der Waals surface area contributed by atoms with Crippen LogP contribution in [0.2, 0.25) is 0 Å². The van der Waals surface area contributed by atoms with Gasteiger partial charge in [0.15, 0.2) is 5.78 Å². The number of nitrogens with one attached hydrogen (secondary N) is 1. The number of nitrogens with zero attached hydrogens (tertiary/aromatic N) is 1. The topological polar surface area (TPSA) is 84.2 Å². The number of fused-ring (bicyclic) bond motifs is 4. The van der Waals surface area contributed by atoms with Gasteiger partial charge in [-0.25, -0.2) is 0 Å². The number of para-hydroxylation sites is 1. The molecule has 0 amide bonds. The Morgan fingerprint density at radius 1 is 1.31 bits per heavy atom. The van der Waals surface area contributed by atoms with Crippen LogP contribution in [-0.2, 0) is 25.4 Å². The Morgan fingerprint density at radius 3 is 2.79 bits per heavy atom. The van der Waals surface area contributed by atoms with Crippen molar-refractivity contribution in [3.8, 4) is 0 Å². The Hall–Kier alpha value is -2.22. The number of carbonyl (C=O) groups is 2. The van der Waals surface area contributed by atoms with Crippen LogP contribution in [0.3, 0.4) is 0 Å². The van der Waals surface area contributed by atoms with Gasteiger partial charge in [0.05, 0.1) is 25.5 Å². The van der Waals surface area contributed by atoms with Crippen molar-refractivity contribution in [2.75, 3.05) is 20.8 Å². The van der Waals surface area contributed by atoms with E-state index in [2.05, 4.69) is 9.88 Å². The summed E-state index contributed by atoms with van der Waals surface area (Å²) in [6, 6.07) is 7.83. The molecule has 7 heteroatoms. The summed E-state index contributed by atoms with van der Waals surface area (Å²) >= 11 is 0. The van der Waals surface area contributed by atoms with E-state index in [0.717, 1.165) is 16.5 Å². The van der Waals surface area contributed by atoms with E-state index in [4.69, 9.17) is 14.2 Å². The van der Waals surface area contributed by atoms with E-state index in [1.54, 1.807) is 0 Å². The minimum Gasteiger partial charge on any atom is -0.468 e. The quantitative estimate of drug-likeness (QED) is 0.586. The van der Waals surface area contributed by atoms with Gasteiger partial charge < -0.3 is 19.2 Å². The number of H-pyrrole nitrogens is 1. The third kappa shape index (κ3) is 1.89. The third-order valence-electron chi connectivity index (χ3n) is 7.89. The molecule has 1 aromatic heterocycles. The molecule has 1 aromatic carbocycles. The minimum absolute atomic E-state index is 0.0280. The largest absolute Gasteiger partial charge is 0.468 e. The van der Waals surface area contributed by atoms with Crippen molar-refractivity contribution in [3.05, 3.63) is 35.5 Å². The first kappa shape index (κ1) is 17.6. The minimum atomic E-state index is -0.936.